The van der Waals surface area contributed by atoms with Gasteiger partial charge in [0.15, 0.2) is 0 Å². The molecule has 0 bridgehead atoms. The van der Waals surface area contributed by atoms with E-state index in [0.717, 1.165) is 22.0 Å². The van der Waals surface area contributed by atoms with E-state index >= 15 is 0 Å². The lowest BCUT2D eigenvalue weighted by Gasteiger charge is -2.17. The summed E-state index contributed by atoms with van der Waals surface area (Å²) in [4.78, 5) is 21.0. The van der Waals surface area contributed by atoms with Crippen LogP contribution in [0.15, 0.2) is 66.7 Å². The first-order valence-corrected chi connectivity index (χ1v) is 10.1. The van der Waals surface area contributed by atoms with Gasteiger partial charge in [-0.3, -0.25) is 4.79 Å². The molecule has 0 spiro atoms. The number of carbonyl (C=O) groups is 1. The van der Waals surface area contributed by atoms with Crippen LogP contribution in [0, 0.1) is 12.7 Å². The van der Waals surface area contributed by atoms with Crippen LogP contribution in [0.5, 0.6) is 0 Å². The van der Waals surface area contributed by atoms with Crippen molar-refractivity contribution in [3.63, 3.8) is 0 Å². The van der Waals surface area contributed by atoms with E-state index < -0.39 is 0 Å². The Hall–Kier alpha value is -3.51. The monoisotopic (exact) mass is 434 g/mol. The summed E-state index contributed by atoms with van der Waals surface area (Å²) in [5.74, 6) is -0.00779. The third kappa shape index (κ3) is 4.64. The topological polar surface area (TPSA) is 66.9 Å². The predicted molar refractivity (Wildman–Crippen MR) is 122 cm³/mol. The lowest BCUT2D eigenvalue weighted by atomic mass is 10.1. The molecule has 5 nitrogen and oxygen atoms in total. The maximum absolute atomic E-state index is 13.0. The van der Waals surface area contributed by atoms with Gasteiger partial charge in [0.1, 0.15) is 11.6 Å². The van der Waals surface area contributed by atoms with Gasteiger partial charge in [-0.2, -0.15) is 0 Å². The number of carbonyl (C=O) groups excluding carboxylic acids is 1. The van der Waals surface area contributed by atoms with Gasteiger partial charge in [0.05, 0.1) is 5.52 Å². The Kier molecular flexibility index (Phi) is 5.82. The van der Waals surface area contributed by atoms with Crippen LogP contribution in [-0.2, 0) is 0 Å². The molecule has 0 fully saturated rings. The molecule has 4 rings (SSSR count). The smallest absolute Gasteiger partial charge is 0.255 e. The number of halogens is 2. The van der Waals surface area contributed by atoms with Crippen LogP contribution < -0.4 is 10.6 Å². The molecule has 0 aliphatic carbocycles. The van der Waals surface area contributed by atoms with Crippen molar-refractivity contribution >= 4 is 39.9 Å². The van der Waals surface area contributed by atoms with Crippen molar-refractivity contribution in [3.05, 3.63) is 94.5 Å². The van der Waals surface area contributed by atoms with E-state index in [-0.39, 0.29) is 23.0 Å². The van der Waals surface area contributed by atoms with Gasteiger partial charge in [0.25, 0.3) is 5.91 Å². The second kappa shape index (κ2) is 8.70. The van der Waals surface area contributed by atoms with E-state index in [1.807, 2.05) is 56.3 Å². The lowest BCUT2D eigenvalue weighted by molar-refractivity contribution is 0.102. The van der Waals surface area contributed by atoms with Crippen molar-refractivity contribution in [3.8, 4) is 0 Å². The molecule has 0 saturated carbocycles. The number of fused-ring (bicyclic) bond motifs is 1. The van der Waals surface area contributed by atoms with E-state index in [2.05, 4.69) is 20.6 Å². The number of hydrogen-bond donors (Lipinski definition) is 2. The van der Waals surface area contributed by atoms with Crippen LogP contribution >= 0.6 is 11.6 Å². The van der Waals surface area contributed by atoms with Crippen LogP contribution in [-0.4, -0.2) is 15.9 Å². The molecule has 156 valence electrons. The first-order valence-electron chi connectivity index (χ1n) is 9.77. The van der Waals surface area contributed by atoms with Gasteiger partial charge >= 0.3 is 0 Å². The van der Waals surface area contributed by atoms with Crippen LogP contribution in [0.25, 0.3) is 10.9 Å². The first kappa shape index (κ1) is 20.8. The summed E-state index contributed by atoms with van der Waals surface area (Å²) in [6.07, 6.45) is 0. The molecular formula is C24H20ClFN4O. The number of aromatic nitrogens is 2. The number of nitrogens with zero attached hydrogens (tertiary/aromatic N) is 2. The molecule has 2 N–H and O–H groups in total. The summed E-state index contributed by atoms with van der Waals surface area (Å²) in [6.45, 7) is 4.00. The standard InChI is InChI=1S/C24H20ClFN4O/c1-14-4-3-5-20-21(14)29-24(25)30-22(20)27-15(2)16-8-12-19(13-9-16)28-23(31)17-6-10-18(26)11-7-17/h3-13,15H,1-2H3,(H,28,31)(H,27,29,30). The van der Waals surface area contributed by atoms with Crippen LogP contribution in [0.4, 0.5) is 15.9 Å². The molecule has 0 aliphatic rings. The average Bonchev–Trinajstić information content (AvgIpc) is 2.75. The molecule has 1 unspecified atom stereocenters. The minimum absolute atomic E-state index is 0.0588. The summed E-state index contributed by atoms with van der Waals surface area (Å²) in [5, 5.41) is 7.31. The highest BCUT2D eigenvalue weighted by Gasteiger charge is 2.13. The Morgan fingerprint density at radius 3 is 2.42 bits per heavy atom. The quantitative estimate of drug-likeness (QED) is 0.369. The second-order valence-electron chi connectivity index (χ2n) is 7.26. The number of para-hydroxylation sites is 1. The maximum Gasteiger partial charge on any atom is 0.255 e. The van der Waals surface area contributed by atoms with Crippen molar-refractivity contribution in [2.24, 2.45) is 0 Å². The minimum atomic E-state index is -0.379. The number of aryl methyl sites for hydroxylation is 1. The Morgan fingerprint density at radius 2 is 1.71 bits per heavy atom. The molecule has 1 atom stereocenters. The average molecular weight is 435 g/mol. The molecule has 0 saturated heterocycles. The summed E-state index contributed by atoms with van der Waals surface area (Å²) >= 11 is 6.13. The second-order valence-corrected chi connectivity index (χ2v) is 7.60. The van der Waals surface area contributed by atoms with Crippen LogP contribution in [0.3, 0.4) is 0 Å². The highest BCUT2D eigenvalue weighted by Crippen LogP contribution is 2.28. The number of rotatable bonds is 5. The molecule has 0 radical (unpaired) electrons. The van der Waals surface area contributed by atoms with Gasteiger partial charge in [-0.1, -0.05) is 24.3 Å². The van der Waals surface area contributed by atoms with Gasteiger partial charge < -0.3 is 10.6 Å². The lowest BCUT2D eigenvalue weighted by Crippen LogP contribution is -2.12. The molecule has 1 amide bonds. The Morgan fingerprint density at radius 1 is 1.00 bits per heavy atom. The molecule has 3 aromatic carbocycles. The Bertz CT molecular complexity index is 1240. The fourth-order valence-electron chi connectivity index (χ4n) is 3.33. The van der Waals surface area contributed by atoms with Gasteiger partial charge in [-0.15, -0.1) is 0 Å². The first-order chi connectivity index (χ1) is 14.9. The van der Waals surface area contributed by atoms with E-state index in [1.54, 1.807) is 0 Å². The molecular weight excluding hydrogens is 415 g/mol. The molecule has 1 aromatic heterocycles. The molecule has 4 aromatic rings. The van der Waals surface area contributed by atoms with Crippen molar-refractivity contribution in [2.45, 2.75) is 19.9 Å². The number of hydrogen-bond acceptors (Lipinski definition) is 4. The minimum Gasteiger partial charge on any atom is -0.363 e. The zero-order chi connectivity index (χ0) is 22.0. The number of nitrogens with one attached hydrogen (secondary N) is 2. The summed E-state index contributed by atoms with van der Waals surface area (Å²) in [6, 6.07) is 18.8. The molecule has 1 heterocycles. The fraction of sp³-hybridized carbons (Fsp3) is 0.125. The van der Waals surface area contributed by atoms with Crippen molar-refractivity contribution in [2.75, 3.05) is 10.6 Å². The van der Waals surface area contributed by atoms with Crippen LogP contribution in [0.1, 0.15) is 34.5 Å². The molecule has 0 aliphatic heterocycles. The maximum atomic E-state index is 13.0. The zero-order valence-electron chi connectivity index (χ0n) is 17.0. The van der Waals surface area contributed by atoms with Crippen molar-refractivity contribution < 1.29 is 9.18 Å². The fourth-order valence-corrected chi connectivity index (χ4v) is 3.50. The van der Waals surface area contributed by atoms with Gasteiger partial charge in [-0.25, -0.2) is 14.4 Å². The Balaban J connectivity index is 1.49. The summed E-state index contributed by atoms with van der Waals surface area (Å²) < 4.78 is 13.0. The predicted octanol–water partition coefficient (Wildman–Crippen LogP) is 6.16. The highest BCUT2D eigenvalue weighted by atomic mass is 35.5. The van der Waals surface area contributed by atoms with E-state index in [9.17, 15) is 9.18 Å². The third-order valence-corrected chi connectivity index (χ3v) is 5.20. The molecule has 31 heavy (non-hydrogen) atoms. The van der Waals surface area contributed by atoms with E-state index in [1.165, 1.54) is 24.3 Å². The summed E-state index contributed by atoms with van der Waals surface area (Å²) in [5.41, 5.74) is 3.89. The van der Waals surface area contributed by atoms with Crippen molar-refractivity contribution in [1.29, 1.82) is 0 Å². The Labute approximate surface area is 184 Å². The number of anilines is 2. The normalized spacial score (nSPS) is 11.9. The SMILES string of the molecule is Cc1cccc2c(NC(C)c3ccc(NC(=O)c4ccc(F)cc4)cc3)nc(Cl)nc12. The third-order valence-electron chi connectivity index (χ3n) is 5.03. The summed E-state index contributed by atoms with van der Waals surface area (Å²) in [7, 11) is 0. The van der Waals surface area contributed by atoms with E-state index in [0.29, 0.717) is 17.1 Å². The van der Waals surface area contributed by atoms with E-state index in [4.69, 9.17) is 11.6 Å². The largest absolute Gasteiger partial charge is 0.363 e. The number of benzene rings is 3. The molecule has 7 heteroatoms. The van der Waals surface area contributed by atoms with Crippen molar-refractivity contribution in [1.82, 2.24) is 9.97 Å². The van der Waals surface area contributed by atoms with Gasteiger partial charge in [0.2, 0.25) is 5.28 Å². The van der Waals surface area contributed by atoms with Gasteiger partial charge in [0, 0.05) is 22.7 Å². The number of amides is 1. The van der Waals surface area contributed by atoms with Crippen LogP contribution in [0.2, 0.25) is 5.28 Å². The zero-order valence-corrected chi connectivity index (χ0v) is 17.7. The van der Waals surface area contributed by atoms with Gasteiger partial charge in [-0.05, 0) is 79.0 Å². The highest BCUT2D eigenvalue weighted by molar-refractivity contribution is 6.28.